The number of hydrogen-bond donors (Lipinski definition) is 0. The van der Waals surface area contributed by atoms with Crippen molar-refractivity contribution >= 4 is 33.2 Å². The van der Waals surface area contributed by atoms with E-state index < -0.39 is 12.0 Å². The Morgan fingerprint density at radius 2 is 2.00 bits per heavy atom. The van der Waals surface area contributed by atoms with Crippen molar-refractivity contribution in [1.29, 1.82) is 0 Å². The number of fused-ring (bicyclic) bond motifs is 3. The normalized spacial score (nSPS) is 14.7. The second-order valence-corrected chi connectivity index (χ2v) is 8.61. The molecule has 1 aliphatic heterocycles. The van der Waals surface area contributed by atoms with Crippen molar-refractivity contribution < 1.29 is 9.47 Å². The zero-order valence-electron chi connectivity index (χ0n) is 16.5. The summed E-state index contributed by atoms with van der Waals surface area (Å²) in [5, 5.41) is 1.06. The molecule has 9 heteroatoms. The number of aromatic nitrogens is 2. The van der Waals surface area contributed by atoms with E-state index in [2.05, 4.69) is 11.9 Å². The molecule has 0 amide bonds. The first-order chi connectivity index (χ1) is 13.9. The second-order valence-electron chi connectivity index (χ2n) is 7.09. The summed E-state index contributed by atoms with van der Waals surface area (Å²) in [5.41, 5.74) is 0.735. The van der Waals surface area contributed by atoms with Crippen LogP contribution in [0.2, 0.25) is 5.02 Å². The van der Waals surface area contributed by atoms with E-state index in [0.717, 1.165) is 30.0 Å². The van der Waals surface area contributed by atoms with Crippen LogP contribution in [0.15, 0.2) is 33.9 Å². The highest BCUT2D eigenvalue weighted by Crippen LogP contribution is 2.33. The van der Waals surface area contributed by atoms with Gasteiger partial charge in [0.25, 0.3) is 5.56 Å². The van der Waals surface area contributed by atoms with Crippen LogP contribution in [-0.4, -0.2) is 48.1 Å². The Balaban J connectivity index is 2.06. The van der Waals surface area contributed by atoms with Gasteiger partial charge in [-0.05, 0) is 37.2 Å². The molecule has 3 heterocycles. The van der Waals surface area contributed by atoms with Crippen molar-refractivity contribution in [3.05, 3.63) is 60.6 Å². The summed E-state index contributed by atoms with van der Waals surface area (Å²) in [7, 11) is 5.10. The Kier molecular flexibility index (Phi) is 5.63. The summed E-state index contributed by atoms with van der Waals surface area (Å²) in [6.07, 6.45) is 0.162. The Morgan fingerprint density at radius 1 is 1.24 bits per heavy atom. The maximum atomic E-state index is 13.5. The first kappa shape index (κ1) is 20.3. The maximum Gasteiger partial charge on any atom is 0.336 e. The number of hydrogen-bond acceptors (Lipinski definition) is 6. The van der Waals surface area contributed by atoms with Crippen LogP contribution in [0.5, 0.6) is 0 Å². The Bertz CT molecular complexity index is 1180. The van der Waals surface area contributed by atoms with Crippen molar-refractivity contribution in [3.8, 4) is 5.69 Å². The van der Waals surface area contributed by atoms with Crippen LogP contribution >= 0.6 is 22.9 Å². The lowest BCUT2D eigenvalue weighted by molar-refractivity contribution is -0.110. The van der Waals surface area contributed by atoms with Crippen LogP contribution in [0.1, 0.15) is 10.4 Å². The Hall–Kier alpha value is -1.97. The molecule has 154 valence electrons. The summed E-state index contributed by atoms with van der Waals surface area (Å²) < 4.78 is 13.4. The zero-order chi connectivity index (χ0) is 20.7. The van der Waals surface area contributed by atoms with Crippen molar-refractivity contribution in [3.63, 3.8) is 0 Å². The average molecular weight is 436 g/mol. The minimum atomic E-state index is -0.608. The van der Waals surface area contributed by atoms with Crippen molar-refractivity contribution in [2.75, 3.05) is 27.8 Å². The topological polar surface area (TPSA) is 65.7 Å². The standard InChI is InChI=1S/C20H22ClN3O4S/c1-22-8-7-14-15(10-22)29-19-17(14)18(25)24(13-6-4-5-12(21)9-13)20(26)23(19)11-16(27-2)28-3/h4-6,9,16H,7-8,10-11H2,1-3H3. The van der Waals surface area contributed by atoms with E-state index in [0.29, 0.717) is 20.9 Å². The smallest absolute Gasteiger partial charge is 0.336 e. The maximum absolute atomic E-state index is 13.5. The van der Waals surface area contributed by atoms with E-state index >= 15 is 0 Å². The van der Waals surface area contributed by atoms with E-state index in [1.807, 2.05) is 0 Å². The van der Waals surface area contributed by atoms with Gasteiger partial charge in [-0.25, -0.2) is 9.36 Å². The molecule has 0 atom stereocenters. The molecule has 3 aromatic rings. The van der Waals surface area contributed by atoms with Crippen LogP contribution in [0.3, 0.4) is 0 Å². The van der Waals surface area contributed by atoms with Gasteiger partial charge in [-0.15, -0.1) is 11.3 Å². The number of rotatable bonds is 5. The predicted octanol–water partition coefficient (Wildman–Crippen LogP) is 2.47. The van der Waals surface area contributed by atoms with Gasteiger partial charge in [-0.1, -0.05) is 17.7 Å². The summed E-state index contributed by atoms with van der Waals surface area (Å²) in [4.78, 5) is 30.9. The highest BCUT2D eigenvalue weighted by molar-refractivity contribution is 7.18. The van der Waals surface area contributed by atoms with Crippen LogP contribution in [0.25, 0.3) is 15.9 Å². The number of benzene rings is 1. The molecular formula is C20H22ClN3O4S. The van der Waals surface area contributed by atoms with E-state index in [1.54, 1.807) is 28.8 Å². The molecule has 29 heavy (non-hydrogen) atoms. The number of ether oxygens (including phenoxy) is 2. The molecule has 0 spiro atoms. The third kappa shape index (κ3) is 3.55. The van der Waals surface area contributed by atoms with E-state index in [-0.39, 0.29) is 12.1 Å². The quantitative estimate of drug-likeness (QED) is 0.576. The summed E-state index contributed by atoms with van der Waals surface area (Å²) >= 11 is 7.63. The molecule has 1 aromatic carbocycles. The molecule has 4 rings (SSSR count). The second kappa shape index (κ2) is 8.04. The SMILES string of the molecule is COC(Cn1c(=O)n(-c2cccc(Cl)c2)c(=O)c2c3c(sc21)CN(C)CC3)OC. The fourth-order valence-corrected chi connectivity index (χ4v) is 5.34. The van der Waals surface area contributed by atoms with E-state index in [1.165, 1.54) is 30.1 Å². The van der Waals surface area contributed by atoms with Gasteiger partial charge >= 0.3 is 5.69 Å². The fraction of sp³-hybridized carbons (Fsp3) is 0.400. The molecule has 0 fully saturated rings. The molecular weight excluding hydrogens is 414 g/mol. The highest BCUT2D eigenvalue weighted by Gasteiger charge is 2.26. The number of methoxy groups -OCH3 is 2. The summed E-state index contributed by atoms with van der Waals surface area (Å²) in [5.74, 6) is 0. The van der Waals surface area contributed by atoms with Gasteiger partial charge in [0.1, 0.15) is 4.83 Å². The molecule has 0 saturated heterocycles. The van der Waals surface area contributed by atoms with Crippen LogP contribution in [-0.2, 0) is 29.0 Å². The molecule has 0 unspecified atom stereocenters. The highest BCUT2D eigenvalue weighted by atomic mass is 35.5. The number of thiophene rings is 1. The monoisotopic (exact) mass is 435 g/mol. The third-order valence-electron chi connectivity index (χ3n) is 5.24. The van der Waals surface area contributed by atoms with E-state index in [4.69, 9.17) is 21.1 Å². The molecule has 0 saturated carbocycles. The lowest BCUT2D eigenvalue weighted by atomic mass is 10.1. The average Bonchev–Trinajstić information content (AvgIpc) is 3.07. The first-order valence-electron chi connectivity index (χ1n) is 9.24. The first-order valence-corrected chi connectivity index (χ1v) is 10.4. The van der Waals surface area contributed by atoms with Gasteiger partial charge in [0.05, 0.1) is 17.6 Å². The molecule has 7 nitrogen and oxygen atoms in total. The predicted molar refractivity (Wildman–Crippen MR) is 115 cm³/mol. The molecule has 0 N–H and O–H groups in total. The molecule has 0 bridgehead atoms. The van der Waals surface area contributed by atoms with Crippen LogP contribution in [0.4, 0.5) is 0 Å². The van der Waals surface area contributed by atoms with Gasteiger partial charge in [0, 0.05) is 37.2 Å². The minimum Gasteiger partial charge on any atom is -0.354 e. The molecule has 0 radical (unpaired) electrons. The number of halogens is 1. The Labute approximate surface area is 176 Å². The van der Waals surface area contributed by atoms with Gasteiger partial charge in [0.15, 0.2) is 6.29 Å². The van der Waals surface area contributed by atoms with E-state index in [9.17, 15) is 9.59 Å². The van der Waals surface area contributed by atoms with Gasteiger partial charge < -0.3 is 14.4 Å². The molecule has 2 aromatic heterocycles. The van der Waals surface area contributed by atoms with Crippen LogP contribution < -0.4 is 11.2 Å². The summed E-state index contributed by atoms with van der Waals surface area (Å²) in [6.45, 7) is 1.81. The number of likely N-dealkylation sites (N-methyl/N-ethyl adjacent to an activating group) is 1. The fourth-order valence-electron chi connectivity index (χ4n) is 3.73. The van der Waals surface area contributed by atoms with Gasteiger partial charge in [-0.2, -0.15) is 0 Å². The molecule has 0 aliphatic carbocycles. The lowest BCUT2D eigenvalue weighted by Gasteiger charge is -2.21. The van der Waals surface area contributed by atoms with Crippen molar-refractivity contribution in [1.82, 2.24) is 14.0 Å². The van der Waals surface area contributed by atoms with Crippen molar-refractivity contribution in [2.45, 2.75) is 25.8 Å². The Morgan fingerprint density at radius 3 is 2.69 bits per heavy atom. The van der Waals surface area contributed by atoms with Gasteiger partial charge in [0.2, 0.25) is 0 Å². The van der Waals surface area contributed by atoms with Crippen LogP contribution in [0, 0.1) is 0 Å². The molecule has 1 aliphatic rings. The van der Waals surface area contributed by atoms with Crippen molar-refractivity contribution in [2.24, 2.45) is 0 Å². The lowest BCUT2D eigenvalue weighted by Crippen LogP contribution is -2.41. The minimum absolute atomic E-state index is 0.179. The zero-order valence-corrected chi connectivity index (χ0v) is 18.0. The summed E-state index contributed by atoms with van der Waals surface area (Å²) in [6, 6.07) is 6.77. The largest absolute Gasteiger partial charge is 0.354 e. The number of nitrogens with zero attached hydrogens (tertiary/aromatic N) is 3. The van der Waals surface area contributed by atoms with Gasteiger partial charge in [-0.3, -0.25) is 9.36 Å². The third-order valence-corrected chi connectivity index (χ3v) is 6.71.